The summed E-state index contributed by atoms with van der Waals surface area (Å²) < 4.78 is 5.21. The monoisotopic (exact) mass is 310 g/mol. The molecule has 0 aliphatic rings. The molecule has 0 N–H and O–H groups in total. The topological polar surface area (TPSA) is 26.3 Å². The van der Waals surface area contributed by atoms with Crippen LogP contribution in [0.1, 0.15) is 98.3 Å². The van der Waals surface area contributed by atoms with Crippen LogP contribution in [0.3, 0.4) is 0 Å². The molecule has 0 aliphatic carbocycles. The summed E-state index contributed by atoms with van der Waals surface area (Å²) in [7, 11) is 5.40. The first-order valence-corrected chi connectivity index (χ1v) is 9.52. The Bertz CT molecular complexity index is 217. The van der Waals surface area contributed by atoms with Crippen LogP contribution in [0, 0.1) is 5.92 Å². The zero-order chi connectivity index (χ0) is 17.1. The van der Waals surface area contributed by atoms with Gasteiger partial charge in [-0.05, 0) is 18.8 Å². The highest BCUT2D eigenvalue weighted by Gasteiger charge is 2.02. The smallest absolute Gasteiger partial charge is 0.305 e. The first kappa shape index (κ1) is 23.8. The van der Waals surface area contributed by atoms with Crippen molar-refractivity contribution >= 4 is 13.8 Å². The highest BCUT2D eigenvalue weighted by Crippen LogP contribution is 2.11. The van der Waals surface area contributed by atoms with E-state index in [1.54, 1.807) is 0 Å². The number of hydrogen-bond donors (Lipinski definition) is 0. The van der Waals surface area contributed by atoms with Gasteiger partial charge >= 0.3 is 5.97 Å². The van der Waals surface area contributed by atoms with E-state index in [0.29, 0.717) is 19.3 Å². The van der Waals surface area contributed by atoms with E-state index in [1.807, 2.05) is 13.8 Å². The largest absolute Gasteiger partial charge is 0.466 e. The maximum atomic E-state index is 11.4. The van der Waals surface area contributed by atoms with Crippen LogP contribution >= 0.6 is 0 Å². The minimum atomic E-state index is -0.0426. The molecule has 2 nitrogen and oxygen atoms in total. The Kier molecular flexibility index (Phi) is 22.2. The van der Waals surface area contributed by atoms with Crippen LogP contribution < -0.4 is 0 Å². The molecule has 0 bridgehead atoms. The Balaban J connectivity index is 0. The molecule has 0 unspecified atom stereocenters. The second kappa shape index (κ2) is 20.5. The number of rotatable bonds is 14. The van der Waals surface area contributed by atoms with Crippen molar-refractivity contribution in [2.24, 2.45) is 5.92 Å². The van der Waals surface area contributed by atoms with Gasteiger partial charge in [0.25, 0.3) is 0 Å². The zero-order valence-electron chi connectivity index (χ0n) is 15.7. The quantitative estimate of drug-likeness (QED) is 0.220. The average Bonchev–Trinajstić information content (AvgIpc) is 2.51. The molecule has 22 heavy (non-hydrogen) atoms. The molecule has 0 atom stereocenters. The van der Waals surface area contributed by atoms with E-state index in [4.69, 9.17) is 12.6 Å². The van der Waals surface area contributed by atoms with Crippen LogP contribution in [-0.2, 0) is 9.53 Å². The molecular formula is C19H39BO2. The fourth-order valence-electron chi connectivity index (χ4n) is 2.21. The summed E-state index contributed by atoms with van der Waals surface area (Å²) >= 11 is 0. The summed E-state index contributed by atoms with van der Waals surface area (Å²) in [5.74, 6) is 0.790. The first-order chi connectivity index (χ1) is 10.7. The van der Waals surface area contributed by atoms with Gasteiger partial charge < -0.3 is 4.74 Å². The Morgan fingerprint density at radius 3 is 2.00 bits per heavy atom. The lowest BCUT2D eigenvalue weighted by atomic mass is 9.99. The van der Waals surface area contributed by atoms with Crippen LogP contribution in [0.2, 0.25) is 6.32 Å². The number of esters is 1. The molecule has 0 rings (SSSR count). The second-order valence-electron chi connectivity index (χ2n) is 6.12. The molecule has 130 valence electrons. The molecule has 0 saturated heterocycles. The predicted octanol–water partition coefficient (Wildman–Crippen LogP) is 6.09. The van der Waals surface area contributed by atoms with E-state index in [1.165, 1.54) is 38.5 Å². The summed E-state index contributed by atoms with van der Waals surface area (Å²) in [6.45, 7) is 9.16. The minimum Gasteiger partial charge on any atom is -0.466 e. The van der Waals surface area contributed by atoms with Crippen LogP contribution in [0.4, 0.5) is 0 Å². The lowest BCUT2D eigenvalue weighted by molar-refractivity contribution is -0.143. The van der Waals surface area contributed by atoms with Crippen molar-refractivity contribution in [2.75, 3.05) is 6.61 Å². The van der Waals surface area contributed by atoms with Crippen molar-refractivity contribution < 1.29 is 9.53 Å². The molecule has 0 aromatic rings. The number of carbonyl (C=O) groups is 1. The van der Waals surface area contributed by atoms with Gasteiger partial charge in [-0.15, -0.1) is 0 Å². The van der Waals surface area contributed by atoms with Gasteiger partial charge in [-0.25, -0.2) is 0 Å². The molecule has 0 spiro atoms. The summed E-state index contributed by atoms with van der Waals surface area (Å²) in [5.41, 5.74) is 0. The summed E-state index contributed by atoms with van der Waals surface area (Å²) in [4.78, 5) is 11.4. The fraction of sp³-hybridized carbons (Fsp3) is 0.947. The third kappa shape index (κ3) is 21.8. The molecule has 0 aliphatic heterocycles. The van der Waals surface area contributed by atoms with E-state index in [-0.39, 0.29) is 5.97 Å². The van der Waals surface area contributed by atoms with Gasteiger partial charge in [-0.2, -0.15) is 0 Å². The number of carbonyl (C=O) groups excluding carboxylic acids is 1. The van der Waals surface area contributed by atoms with Crippen molar-refractivity contribution in [1.82, 2.24) is 0 Å². The van der Waals surface area contributed by atoms with Crippen molar-refractivity contribution in [3.8, 4) is 0 Å². The van der Waals surface area contributed by atoms with Crippen LogP contribution in [0.15, 0.2) is 0 Å². The Morgan fingerprint density at radius 1 is 0.864 bits per heavy atom. The predicted molar refractivity (Wildman–Crippen MR) is 98.5 cm³/mol. The third-order valence-electron chi connectivity index (χ3n) is 3.52. The highest BCUT2D eigenvalue weighted by molar-refractivity contribution is 6.08. The third-order valence-corrected chi connectivity index (χ3v) is 3.52. The minimum absolute atomic E-state index is 0.0426. The molecule has 3 heteroatoms. The SMILES string of the molecule is CC.[B]CCCCCC(=O)OCCCCCCCCC(C)C. The van der Waals surface area contributed by atoms with Crippen molar-refractivity contribution in [3.63, 3.8) is 0 Å². The fourth-order valence-corrected chi connectivity index (χ4v) is 2.21. The van der Waals surface area contributed by atoms with Crippen LogP contribution in [-0.4, -0.2) is 20.4 Å². The van der Waals surface area contributed by atoms with Gasteiger partial charge in [0, 0.05) is 6.42 Å². The van der Waals surface area contributed by atoms with Crippen LogP contribution in [0.25, 0.3) is 0 Å². The van der Waals surface area contributed by atoms with Crippen molar-refractivity contribution in [1.29, 1.82) is 0 Å². The number of unbranched alkanes of at least 4 members (excludes halogenated alkanes) is 7. The molecule has 0 amide bonds. The van der Waals surface area contributed by atoms with Crippen LogP contribution in [0.5, 0.6) is 0 Å². The lowest BCUT2D eigenvalue weighted by Crippen LogP contribution is -2.05. The maximum absolute atomic E-state index is 11.4. The molecule has 0 aromatic heterocycles. The van der Waals surface area contributed by atoms with Gasteiger partial charge in [0.2, 0.25) is 0 Å². The van der Waals surface area contributed by atoms with E-state index in [2.05, 4.69) is 13.8 Å². The maximum Gasteiger partial charge on any atom is 0.305 e. The standard InChI is InChI=1S/C17H33BO2.C2H6/c1-16(2)12-8-5-3-4-6-11-15-20-17(19)13-9-7-10-14-18;1-2/h16H,3-15H2,1-2H3;1-2H3. The van der Waals surface area contributed by atoms with E-state index in [9.17, 15) is 4.79 Å². The summed E-state index contributed by atoms with van der Waals surface area (Å²) in [5, 5.41) is 0. The molecule has 0 saturated carbocycles. The normalized spacial score (nSPS) is 10.2. The molecule has 2 radical (unpaired) electrons. The van der Waals surface area contributed by atoms with Gasteiger partial charge in [0.05, 0.1) is 14.5 Å². The van der Waals surface area contributed by atoms with Gasteiger partial charge in [-0.1, -0.05) is 85.4 Å². The summed E-state index contributed by atoms with van der Waals surface area (Å²) in [6.07, 6.45) is 13.0. The molecule has 0 fully saturated rings. The molecule has 0 heterocycles. The Labute approximate surface area is 141 Å². The number of ether oxygens (including phenoxy) is 1. The summed E-state index contributed by atoms with van der Waals surface area (Å²) in [6, 6.07) is 0. The van der Waals surface area contributed by atoms with E-state index < -0.39 is 0 Å². The molecular weight excluding hydrogens is 271 g/mol. The second-order valence-corrected chi connectivity index (χ2v) is 6.12. The van der Waals surface area contributed by atoms with Gasteiger partial charge in [0.15, 0.2) is 0 Å². The highest BCUT2D eigenvalue weighted by atomic mass is 16.5. The Morgan fingerprint density at radius 2 is 1.41 bits per heavy atom. The van der Waals surface area contributed by atoms with Crippen molar-refractivity contribution in [2.45, 2.75) is 105 Å². The van der Waals surface area contributed by atoms with E-state index >= 15 is 0 Å². The lowest BCUT2D eigenvalue weighted by Gasteiger charge is -2.06. The van der Waals surface area contributed by atoms with Crippen molar-refractivity contribution in [3.05, 3.63) is 0 Å². The average molecular weight is 310 g/mol. The van der Waals surface area contributed by atoms with Gasteiger partial charge in [-0.3, -0.25) is 4.79 Å². The Hall–Kier alpha value is -0.465. The van der Waals surface area contributed by atoms with Gasteiger partial charge in [0.1, 0.15) is 0 Å². The molecule has 0 aromatic carbocycles. The zero-order valence-corrected chi connectivity index (χ0v) is 15.7. The first-order valence-electron chi connectivity index (χ1n) is 9.52. The number of hydrogen-bond acceptors (Lipinski definition) is 2. The van der Waals surface area contributed by atoms with E-state index in [0.717, 1.165) is 31.6 Å².